The van der Waals surface area contributed by atoms with E-state index >= 15 is 0 Å². The Kier molecular flexibility index (Phi) is 6.64. The first-order chi connectivity index (χ1) is 13.1. The summed E-state index contributed by atoms with van der Waals surface area (Å²) in [7, 11) is 1.25. The third-order valence-corrected chi connectivity index (χ3v) is 3.44. The summed E-state index contributed by atoms with van der Waals surface area (Å²) in [5.41, 5.74) is 3.54. The Hall–Kier alpha value is -3.06. The van der Waals surface area contributed by atoms with Crippen LogP contribution in [0.15, 0.2) is 47.6 Å². The lowest BCUT2D eigenvalue weighted by molar-refractivity contribution is -0.137. The van der Waals surface area contributed by atoms with Gasteiger partial charge in [-0.2, -0.15) is 18.7 Å². The number of hydrogen-bond acceptors (Lipinski definition) is 8. The Morgan fingerprint density at radius 2 is 1.93 bits per heavy atom. The third-order valence-electron chi connectivity index (χ3n) is 3.44. The second kappa shape index (κ2) is 8.75. The van der Waals surface area contributed by atoms with Crippen LogP contribution in [0.25, 0.3) is 0 Å². The molecule has 9 nitrogen and oxygen atoms in total. The first kappa shape index (κ1) is 21.2. The van der Waals surface area contributed by atoms with E-state index in [4.69, 9.17) is 5.21 Å². The standard InChI is InChI=1S/C16H16F3N5O4/c1-24(28)23-21-14(22-27)9-3-2-4-12(6-9)20-15(26)10-5-11(16(17,18)19)8-13(25)7-10/h2-8,14,21,23,25,28H,1H3,(H,20,26). The van der Waals surface area contributed by atoms with Gasteiger partial charge in [-0.25, -0.2) is 5.43 Å². The zero-order valence-electron chi connectivity index (χ0n) is 14.4. The van der Waals surface area contributed by atoms with Crippen molar-refractivity contribution in [2.75, 3.05) is 12.4 Å². The van der Waals surface area contributed by atoms with Gasteiger partial charge in [0.25, 0.3) is 5.91 Å². The van der Waals surface area contributed by atoms with Gasteiger partial charge in [-0.1, -0.05) is 12.1 Å². The van der Waals surface area contributed by atoms with Crippen molar-refractivity contribution < 1.29 is 28.3 Å². The SMILES string of the molecule is CN(O)NNC(N=O)c1cccc(NC(=O)c2cc(O)cc(C(F)(F)F)c2)c1. The largest absolute Gasteiger partial charge is 0.508 e. The molecule has 28 heavy (non-hydrogen) atoms. The minimum absolute atomic E-state index is 0.173. The molecule has 2 rings (SSSR count). The molecule has 0 aliphatic rings. The third kappa shape index (κ3) is 5.72. The fourth-order valence-corrected chi connectivity index (χ4v) is 2.22. The lowest BCUT2D eigenvalue weighted by atomic mass is 10.1. The van der Waals surface area contributed by atoms with E-state index in [0.717, 1.165) is 6.07 Å². The van der Waals surface area contributed by atoms with E-state index in [2.05, 4.69) is 21.5 Å². The van der Waals surface area contributed by atoms with E-state index in [1.807, 2.05) is 0 Å². The van der Waals surface area contributed by atoms with Gasteiger partial charge >= 0.3 is 6.18 Å². The fraction of sp³-hybridized carbons (Fsp3) is 0.188. The topological polar surface area (TPSA) is 126 Å². The number of rotatable bonds is 7. The average molecular weight is 399 g/mol. The minimum atomic E-state index is -4.73. The monoisotopic (exact) mass is 399 g/mol. The van der Waals surface area contributed by atoms with Crippen molar-refractivity contribution in [1.29, 1.82) is 0 Å². The number of hydrogen-bond donors (Lipinski definition) is 5. The molecule has 0 heterocycles. The molecule has 0 aliphatic heterocycles. The molecule has 0 saturated carbocycles. The van der Waals surface area contributed by atoms with Crippen molar-refractivity contribution >= 4 is 11.6 Å². The summed E-state index contributed by atoms with van der Waals surface area (Å²) in [6, 6.07) is 7.81. The summed E-state index contributed by atoms with van der Waals surface area (Å²) in [5, 5.41) is 24.2. The molecule has 1 atom stereocenters. The van der Waals surface area contributed by atoms with E-state index < -0.39 is 35.1 Å². The smallest absolute Gasteiger partial charge is 0.416 e. The van der Waals surface area contributed by atoms with Crippen LogP contribution >= 0.6 is 0 Å². The van der Waals surface area contributed by atoms with Crippen molar-refractivity contribution in [3.63, 3.8) is 0 Å². The number of alkyl halides is 3. The number of anilines is 1. The average Bonchev–Trinajstić information content (AvgIpc) is 2.61. The highest BCUT2D eigenvalue weighted by Gasteiger charge is 2.32. The van der Waals surface area contributed by atoms with E-state index in [-0.39, 0.29) is 5.69 Å². The Balaban J connectivity index is 2.21. The van der Waals surface area contributed by atoms with Crippen LogP contribution in [-0.2, 0) is 6.18 Å². The van der Waals surface area contributed by atoms with E-state index in [0.29, 0.717) is 22.9 Å². The molecule has 0 bridgehead atoms. The quantitative estimate of drug-likeness (QED) is 0.358. The van der Waals surface area contributed by atoms with Crippen LogP contribution in [0.3, 0.4) is 0 Å². The molecule has 1 unspecified atom stereocenters. The lowest BCUT2D eigenvalue weighted by Gasteiger charge is -2.16. The second-order valence-electron chi connectivity index (χ2n) is 5.63. The number of nitrogens with one attached hydrogen (secondary N) is 3. The summed E-state index contributed by atoms with van der Waals surface area (Å²) in [5.74, 6) is -1.60. The number of carbonyl (C=O) groups excluding carboxylic acids is 1. The Labute approximate surface area is 156 Å². The van der Waals surface area contributed by atoms with Crippen molar-refractivity contribution in [3.8, 4) is 5.75 Å². The molecule has 0 fully saturated rings. The first-order valence-electron chi connectivity index (χ1n) is 7.69. The molecule has 0 aliphatic carbocycles. The number of nitroso groups, excluding NO2 is 1. The second-order valence-corrected chi connectivity index (χ2v) is 5.63. The molecule has 0 radical (unpaired) electrons. The molecule has 0 saturated heterocycles. The van der Waals surface area contributed by atoms with Gasteiger partial charge < -0.3 is 10.4 Å². The molecular formula is C16H16F3N5O4. The predicted octanol–water partition coefficient (Wildman–Crippen LogP) is 2.76. The summed E-state index contributed by atoms with van der Waals surface area (Å²) < 4.78 is 38.5. The number of aromatic hydroxyl groups is 1. The van der Waals surface area contributed by atoms with Gasteiger partial charge in [-0.05, 0) is 41.1 Å². The van der Waals surface area contributed by atoms with Crippen molar-refractivity contribution in [3.05, 3.63) is 64.1 Å². The molecule has 0 spiro atoms. The van der Waals surface area contributed by atoms with Crippen molar-refractivity contribution in [1.82, 2.24) is 16.1 Å². The molecule has 150 valence electrons. The van der Waals surface area contributed by atoms with E-state index in [9.17, 15) is 28.0 Å². The number of carbonyl (C=O) groups is 1. The number of phenolic OH excluding ortho intramolecular Hbond substituents is 1. The molecule has 2 aromatic carbocycles. The van der Waals surface area contributed by atoms with Gasteiger partial charge in [0, 0.05) is 18.3 Å². The molecule has 2 aromatic rings. The first-order valence-corrected chi connectivity index (χ1v) is 7.69. The summed E-state index contributed by atoms with van der Waals surface area (Å²) >= 11 is 0. The highest BCUT2D eigenvalue weighted by molar-refractivity contribution is 6.04. The normalized spacial score (nSPS) is 12.6. The van der Waals surface area contributed by atoms with Crippen LogP contribution in [0.5, 0.6) is 5.75 Å². The van der Waals surface area contributed by atoms with Crippen LogP contribution in [0, 0.1) is 4.91 Å². The maximum Gasteiger partial charge on any atom is 0.416 e. The minimum Gasteiger partial charge on any atom is -0.508 e. The Bertz CT molecular complexity index is 860. The fourth-order valence-electron chi connectivity index (χ4n) is 2.22. The number of phenols is 1. The van der Waals surface area contributed by atoms with E-state index in [1.54, 1.807) is 0 Å². The van der Waals surface area contributed by atoms with Crippen LogP contribution in [0.1, 0.15) is 27.7 Å². The molecule has 12 heteroatoms. The maximum atomic E-state index is 12.8. The summed E-state index contributed by atoms with van der Waals surface area (Å²) in [6.45, 7) is 0. The summed E-state index contributed by atoms with van der Waals surface area (Å²) in [6.07, 6.45) is -5.86. The molecule has 0 aromatic heterocycles. The van der Waals surface area contributed by atoms with Gasteiger partial charge in [0.1, 0.15) is 5.75 Å². The predicted molar refractivity (Wildman–Crippen MR) is 91.9 cm³/mol. The summed E-state index contributed by atoms with van der Waals surface area (Å²) in [4.78, 5) is 23.2. The van der Waals surface area contributed by atoms with Crippen LogP contribution in [0.4, 0.5) is 18.9 Å². The van der Waals surface area contributed by atoms with Gasteiger partial charge in [0.05, 0.1) is 5.56 Å². The van der Waals surface area contributed by atoms with Gasteiger partial charge in [-0.3, -0.25) is 10.0 Å². The van der Waals surface area contributed by atoms with Crippen LogP contribution < -0.4 is 16.3 Å². The molecule has 5 N–H and O–H groups in total. The number of nitrogens with zero attached hydrogens (tertiary/aromatic N) is 2. The zero-order valence-corrected chi connectivity index (χ0v) is 14.4. The van der Waals surface area contributed by atoms with Crippen LogP contribution in [0.2, 0.25) is 0 Å². The van der Waals surface area contributed by atoms with E-state index in [1.165, 1.54) is 31.3 Å². The number of benzene rings is 2. The zero-order chi connectivity index (χ0) is 20.9. The van der Waals surface area contributed by atoms with Crippen molar-refractivity contribution in [2.45, 2.75) is 12.3 Å². The highest BCUT2D eigenvalue weighted by Crippen LogP contribution is 2.32. The van der Waals surface area contributed by atoms with Crippen molar-refractivity contribution in [2.24, 2.45) is 5.18 Å². The number of hydrazine groups is 2. The maximum absolute atomic E-state index is 12.8. The number of amides is 1. The van der Waals surface area contributed by atoms with Crippen LogP contribution in [-0.4, -0.2) is 28.4 Å². The highest BCUT2D eigenvalue weighted by atomic mass is 19.4. The number of halogens is 3. The molecule has 1 amide bonds. The Morgan fingerprint density at radius 3 is 2.54 bits per heavy atom. The van der Waals surface area contributed by atoms with Gasteiger partial charge in [-0.15, -0.1) is 10.1 Å². The van der Waals surface area contributed by atoms with Gasteiger partial charge in [0.15, 0.2) is 6.17 Å². The Morgan fingerprint density at radius 1 is 1.21 bits per heavy atom. The molecular weight excluding hydrogens is 383 g/mol. The number of hydroxylamine groups is 1. The van der Waals surface area contributed by atoms with Gasteiger partial charge in [0.2, 0.25) is 0 Å². The lowest BCUT2D eigenvalue weighted by Crippen LogP contribution is -2.44.